The second-order valence-corrected chi connectivity index (χ2v) is 5.11. The molecule has 25 heavy (non-hydrogen) atoms. The Hall–Kier alpha value is -3.42. The average Bonchev–Trinajstić information content (AvgIpc) is 2.59. The summed E-state index contributed by atoms with van der Waals surface area (Å²) < 4.78 is 26.3. The molecular formula is C17H9ClF2N4O. The van der Waals surface area contributed by atoms with Crippen molar-refractivity contribution in [2.75, 3.05) is 10.6 Å². The van der Waals surface area contributed by atoms with E-state index in [-0.39, 0.29) is 16.2 Å². The summed E-state index contributed by atoms with van der Waals surface area (Å²) in [6.45, 7) is 0. The van der Waals surface area contributed by atoms with E-state index in [0.29, 0.717) is 17.4 Å². The van der Waals surface area contributed by atoms with Gasteiger partial charge in [0.2, 0.25) is 0 Å². The minimum absolute atomic E-state index is 0.122. The number of nitrogens with zero attached hydrogens (tertiary/aromatic N) is 2. The summed E-state index contributed by atoms with van der Waals surface area (Å²) in [4.78, 5) is 12.2. The molecule has 0 aliphatic rings. The largest absolute Gasteiger partial charge is 0.360 e. The lowest BCUT2D eigenvalue weighted by atomic mass is 10.2. The number of benzene rings is 2. The number of carbonyl (C=O) groups is 1. The van der Waals surface area contributed by atoms with Gasteiger partial charge in [0.15, 0.2) is 11.6 Å². The van der Waals surface area contributed by atoms with E-state index < -0.39 is 17.5 Å². The Bertz CT molecular complexity index is 929. The summed E-state index contributed by atoms with van der Waals surface area (Å²) in [6, 6.07) is 11.2. The van der Waals surface area contributed by atoms with Crippen molar-refractivity contribution < 1.29 is 13.6 Å². The molecule has 0 aromatic heterocycles. The number of rotatable bonds is 4. The summed E-state index contributed by atoms with van der Waals surface area (Å²) >= 11 is 5.76. The maximum Gasteiger partial charge on any atom is 0.257 e. The van der Waals surface area contributed by atoms with Gasteiger partial charge in [0, 0.05) is 17.6 Å². The molecule has 124 valence electrons. The lowest BCUT2D eigenvalue weighted by Gasteiger charge is -2.09. The van der Waals surface area contributed by atoms with Crippen molar-refractivity contribution >= 4 is 28.9 Å². The number of allylic oxidation sites excluding steroid dienone is 1. The lowest BCUT2D eigenvalue weighted by Crippen LogP contribution is -2.13. The van der Waals surface area contributed by atoms with Gasteiger partial charge in [-0.3, -0.25) is 4.79 Å². The SMILES string of the molecule is N#CC(C#N)=CNc1cccc(NC(=O)c2cc(F)c(F)cc2Cl)c1. The van der Waals surface area contributed by atoms with Crippen LogP contribution in [0.25, 0.3) is 0 Å². The number of hydrogen-bond acceptors (Lipinski definition) is 4. The molecule has 0 spiro atoms. The van der Waals surface area contributed by atoms with Gasteiger partial charge in [0.05, 0.1) is 10.6 Å². The Balaban J connectivity index is 2.19. The molecule has 2 aromatic carbocycles. The van der Waals surface area contributed by atoms with Crippen LogP contribution in [-0.2, 0) is 0 Å². The van der Waals surface area contributed by atoms with E-state index in [4.69, 9.17) is 22.1 Å². The van der Waals surface area contributed by atoms with E-state index in [9.17, 15) is 13.6 Å². The van der Waals surface area contributed by atoms with Crippen molar-refractivity contribution in [2.45, 2.75) is 0 Å². The number of nitriles is 2. The highest BCUT2D eigenvalue weighted by Crippen LogP contribution is 2.22. The summed E-state index contributed by atoms with van der Waals surface area (Å²) in [5.74, 6) is -3.05. The number of hydrogen-bond donors (Lipinski definition) is 2. The number of nitrogens with one attached hydrogen (secondary N) is 2. The van der Waals surface area contributed by atoms with E-state index in [2.05, 4.69) is 10.6 Å². The first kappa shape index (κ1) is 17.9. The summed E-state index contributed by atoms with van der Waals surface area (Å²) in [7, 11) is 0. The smallest absolute Gasteiger partial charge is 0.257 e. The third kappa shape index (κ3) is 4.54. The van der Waals surface area contributed by atoms with Crippen LogP contribution in [0.1, 0.15) is 10.4 Å². The fourth-order valence-electron chi connectivity index (χ4n) is 1.83. The minimum Gasteiger partial charge on any atom is -0.360 e. The first-order chi connectivity index (χ1) is 11.9. The zero-order valence-corrected chi connectivity index (χ0v) is 13.2. The van der Waals surface area contributed by atoms with Crippen molar-refractivity contribution in [3.63, 3.8) is 0 Å². The van der Waals surface area contributed by atoms with Crippen LogP contribution in [-0.4, -0.2) is 5.91 Å². The molecule has 2 N–H and O–H groups in total. The Labute approximate surface area is 146 Å². The van der Waals surface area contributed by atoms with E-state index in [1.165, 1.54) is 12.3 Å². The van der Waals surface area contributed by atoms with Gasteiger partial charge >= 0.3 is 0 Å². The Kier molecular flexibility index (Phi) is 5.67. The van der Waals surface area contributed by atoms with Gasteiger partial charge in [-0.15, -0.1) is 0 Å². The molecule has 0 aliphatic carbocycles. The van der Waals surface area contributed by atoms with Gasteiger partial charge in [-0.25, -0.2) is 8.78 Å². The molecule has 0 saturated carbocycles. The fraction of sp³-hybridized carbons (Fsp3) is 0. The molecule has 0 aliphatic heterocycles. The second-order valence-electron chi connectivity index (χ2n) is 4.71. The molecule has 0 bridgehead atoms. The molecule has 2 rings (SSSR count). The predicted molar refractivity (Wildman–Crippen MR) is 88.7 cm³/mol. The van der Waals surface area contributed by atoms with Crippen LogP contribution in [0, 0.1) is 34.3 Å². The van der Waals surface area contributed by atoms with Crippen molar-refractivity contribution in [2.24, 2.45) is 0 Å². The van der Waals surface area contributed by atoms with Crippen LogP contribution < -0.4 is 10.6 Å². The third-order valence-corrected chi connectivity index (χ3v) is 3.31. The highest BCUT2D eigenvalue weighted by atomic mass is 35.5. The summed E-state index contributed by atoms with van der Waals surface area (Å²) in [5, 5.41) is 22.3. The summed E-state index contributed by atoms with van der Waals surface area (Å²) in [5.41, 5.74) is 0.509. The topological polar surface area (TPSA) is 88.7 Å². The maximum absolute atomic E-state index is 13.3. The molecule has 8 heteroatoms. The highest BCUT2D eigenvalue weighted by molar-refractivity contribution is 6.34. The van der Waals surface area contributed by atoms with Crippen LogP contribution >= 0.6 is 11.6 Å². The molecular weight excluding hydrogens is 350 g/mol. The first-order valence-corrected chi connectivity index (χ1v) is 7.15. The van der Waals surface area contributed by atoms with Crippen molar-refractivity contribution in [1.29, 1.82) is 10.5 Å². The standard InChI is InChI=1S/C17H9ClF2N4O/c18-14-6-16(20)15(19)5-13(14)17(25)24-12-3-1-2-11(4-12)23-9-10(7-21)8-22/h1-6,9,23H,(H,24,25). The number of anilines is 2. The normalized spacial score (nSPS) is 9.48. The van der Waals surface area contributed by atoms with E-state index in [0.717, 1.165) is 6.07 Å². The molecule has 0 atom stereocenters. The molecule has 0 radical (unpaired) electrons. The molecule has 0 heterocycles. The molecule has 2 aromatic rings. The van der Waals surface area contributed by atoms with Crippen molar-refractivity contribution in [3.8, 4) is 12.1 Å². The maximum atomic E-state index is 13.3. The van der Waals surface area contributed by atoms with Crippen molar-refractivity contribution in [1.82, 2.24) is 0 Å². The van der Waals surface area contributed by atoms with Crippen LogP contribution in [0.5, 0.6) is 0 Å². The number of amides is 1. The first-order valence-electron chi connectivity index (χ1n) is 6.77. The zero-order valence-electron chi connectivity index (χ0n) is 12.5. The molecule has 0 saturated heterocycles. The fourth-order valence-corrected chi connectivity index (χ4v) is 2.06. The third-order valence-electron chi connectivity index (χ3n) is 3.00. The highest BCUT2D eigenvalue weighted by Gasteiger charge is 2.15. The Morgan fingerprint density at radius 1 is 1.08 bits per heavy atom. The van der Waals surface area contributed by atoms with Crippen LogP contribution in [0.15, 0.2) is 48.2 Å². The lowest BCUT2D eigenvalue weighted by molar-refractivity contribution is 0.102. The monoisotopic (exact) mass is 358 g/mol. The zero-order chi connectivity index (χ0) is 18.4. The molecule has 1 amide bonds. The van der Waals surface area contributed by atoms with E-state index >= 15 is 0 Å². The van der Waals surface area contributed by atoms with Gasteiger partial charge in [-0.2, -0.15) is 10.5 Å². The van der Waals surface area contributed by atoms with Crippen LogP contribution in [0.4, 0.5) is 20.2 Å². The quantitative estimate of drug-likeness (QED) is 0.632. The van der Waals surface area contributed by atoms with Gasteiger partial charge in [-0.1, -0.05) is 17.7 Å². The average molecular weight is 359 g/mol. The number of halogens is 3. The van der Waals surface area contributed by atoms with Crippen molar-refractivity contribution in [3.05, 3.63) is 70.4 Å². The van der Waals surface area contributed by atoms with Crippen LogP contribution in [0.3, 0.4) is 0 Å². The van der Waals surface area contributed by atoms with Crippen LogP contribution in [0.2, 0.25) is 5.02 Å². The Morgan fingerprint density at radius 2 is 1.72 bits per heavy atom. The molecule has 0 fully saturated rings. The van der Waals surface area contributed by atoms with E-state index in [1.54, 1.807) is 30.3 Å². The van der Waals surface area contributed by atoms with Gasteiger partial charge in [-0.05, 0) is 30.3 Å². The predicted octanol–water partition coefficient (Wildman–Crippen LogP) is 4.21. The van der Waals surface area contributed by atoms with E-state index in [1.807, 2.05) is 0 Å². The second kappa shape index (κ2) is 7.91. The van der Waals surface area contributed by atoms with Gasteiger partial charge in [0.25, 0.3) is 5.91 Å². The molecule has 0 unspecified atom stereocenters. The minimum atomic E-state index is -1.18. The molecule has 5 nitrogen and oxygen atoms in total. The van der Waals surface area contributed by atoms with Gasteiger partial charge in [0.1, 0.15) is 17.7 Å². The summed E-state index contributed by atoms with van der Waals surface area (Å²) in [6.07, 6.45) is 1.22. The Morgan fingerprint density at radius 3 is 2.40 bits per heavy atom. The van der Waals surface area contributed by atoms with Gasteiger partial charge < -0.3 is 10.6 Å². The number of carbonyl (C=O) groups excluding carboxylic acids is 1.